The summed E-state index contributed by atoms with van der Waals surface area (Å²) in [6.45, 7) is 1.59. The fraction of sp³-hybridized carbons (Fsp3) is 0.400. The molecule has 1 aromatic heterocycles. The molecular weight excluding hydrogens is 124 g/mol. The van der Waals surface area contributed by atoms with Gasteiger partial charge in [-0.15, -0.1) is 0 Å². The van der Waals surface area contributed by atoms with E-state index < -0.39 is 5.82 Å². The maximum atomic E-state index is 10.3. The first-order valence-electron chi connectivity index (χ1n) is 2.38. The van der Waals surface area contributed by atoms with Crippen LogP contribution in [0.4, 0.5) is 0 Å². The van der Waals surface area contributed by atoms with Crippen LogP contribution < -0.4 is 10.6 Å². The Balaban J connectivity index is 3.16. The van der Waals surface area contributed by atoms with E-state index in [1.54, 1.807) is 6.92 Å². The van der Waals surface area contributed by atoms with Crippen LogP contribution in [0.2, 0.25) is 0 Å². The highest BCUT2D eigenvalue weighted by Gasteiger charge is 2.05. The number of aryl methyl sites for hydroxylation is 1. The zero-order chi connectivity index (χ0) is 6.85. The molecule has 0 N–H and O–H groups in total. The van der Waals surface area contributed by atoms with Crippen molar-refractivity contribution < 1.29 is 13.6 Å². The Morgan fingerprint density at radius 3 is 2.33 bits per heavy atom. The van der Waals surface area contributed by atoms with Crippen LogP contribution in [0, 0.1) is 6.92 Å². The smallest absolute Gasteiger partial charge is 0.466 e. The average molecular weight is 130 g/mol. The van der Waals surface area contributed by atoms with Crippen LogP contribution in [-0.4, -0.2) is 7.11 Å². The van der Waals surface area contributed by atoms with E-state index in [9.17, 15) is 4.79 Å². The predicted octanol–water partition coefficient (Wildman–Crippen LogP) is 0.550. The first-order chi connectivity index (χ1) is 4.24. The molecule has 0 fully saturated rings. The maximum Gasteiger partial charge on any atom is 0.521 e. The largest absolute Gasteiger partial charge is 0.521 e. The highest BCUT2D eigenvalue weighted by molar-refractivity contribution is 5.06. The third-order valence-corrected chi connectivity index (χ3v) is 0.885. The van der Waals surface area contributed by atoms with Crippen molar-refractivity contribution in [3.63, 3.8) is 0 Å². The monoisotopic (exact) mass is 130 g/mol. The Kier molecular flexibility index (Phi) is 1.30. The van der Waals surface area contributed by atoms with Gasteiger partial charge in [-0.25, -0.2) is 4.79 Å². The van der Waals surface area contributed by atoms with Crippen molar-refractivity contribution in [3.05, 3.63) is 16.4 Å². The predicted molar refractivity (Wildman–Crippen MR) is 28.5 cm³/mol. The van der Waals surface area contributed by atoms with Gasteiger partial charge in [0.2, 0.25) is 0 Å². The molecule has 0 bridgehead atoms. The molecule has 0 unspecified atom stereocenters. The van der Waals surface area contributed by atoms with E-state index in [0.29, 0.717) is 5.76 Å². The van der Waals surface area contributed by atoms with Crippen molar-refractivity contribution in [2.75, 3.05) is 7.11 Å². The molecule has 0 radical (unpaired) electrons. The second-order valence-electron chi connectivity index (χ2n) is 1.50. The molecule has 4 nitrogen and oxygen atoms in total. The first kappa shape index (κ1) is 5.94. The van der Waals surface area contributed by atoms with Gasteiger partial charge in [-0.3, -0.25) is 0 Å². The van der Waals surface area contributed by atoms with E-state index in [-0.39, 0.29) is 5.95 Å². The van der Waals surface area contributed by atoms with Crippen molar-refractivity contribution >= 4 is 0 Å². The summed E-state index contributed by atoms with van der Waals surface area (Å²) in [7, 11) is 1.40. The van der Waals surface area contributed by atoms with Gasteiger partial charge in [0.1, 0.15) is 0 Å². The minimum absolute atomic E-state index is 0.139. The summed E-state index contributed by atoms with van der Waals surface area (Å²) in [5.41, 5.74) is 0. The van der Waals surface area contributed by atoms with Gasteiger partial charge in [0.05, 0.1) is 7.11 Å². The van der Waals surface area contributed by atoms with Crippen molar-refractivity contribution in [2.24, 2.45) is 0 Å². The number of hydrogen-bond acceptors (Lipinski definition) is 4. The quantitative estimate of drug-likeness (QED) is 0.557. The standard InChI is InChI=1S/C5H6O4/c1-3-4(7-2)9-5(6)8-3/h1-2H3. The summed E-state index contributed by atoms with van der Waals surface area (Å²) in [4.78, 5) is 10.3. The van der Waals surface area contributed by atoms with Gasteiger partial charge in [0.15, 0.2) is 5.76 Å². The van der Waals surface area contributed by atoms with Gasteiger partial charge in [0.25, 0.3) is 0 Å². The van der Waals surface area contributed by atoms with Gasteiger partial charge >= 0.3 is 11.8 Å². The van der Waals surface area contributed by atoms with Gasteiger partial charge in [-0.1, -0.05) is 0 Å². The Morgan fingerprint density at radius 1 is 1.44 bits per heavy atom. The molecule has 0 aromatic carbocycles. The minimum Gasteiger partial charge on any atom is -0.466 e. The molecule has 0 aliphatic carbocycles. The SMILES string of the molecule is COc1oc(=O)oc1C. The average Bonchev–Trinajstić information content (AvgIpc) is 2.10. The van der Waals surface area contributed by atoms with Crippen molar-refractivity contribution in [3.8, 4) is 5.95 Å². The fourth-order valence-electron chi connectivity index (χ4n) is 0.520. The van der Waals surface area contributed by atoms with Gasteiger partial charge < -0.3 is 13.6 Å². The zero-order valence-electron chi connectivity index (χ0n) is 5.13. The van der Waals surface area contributed by atoms with Crippen molar-refractivity contribution in [2.45, 2.75) is 6.92 Å². The molecule has 0 spiro atoms. The first-order valence-corrected chi connectivity index (χ1v) is 2.38. The van der Waals surface area contributed by atoms with Crippen LogP contribution in [0.25, 0.3) is 0 Å². The molecule has 1 rings (SSSR count). The maximum absolute atomic E-state index is 10.3. The molecule has 50 valence electrons. The molecule has 9 heavy (non-hydrogen) atoms. The number of ether oxygens (including phenoxy) is 1. The Morgan fingerprint density at radius 2 is 2.11 bits per heavy atom. The van der Waals surface area contributed by atoms with E-state index in [2.05, 4.69) is 13.6 Å². The van der Waals surface area contributed by atoms with Crippen molar-refractivity contribution in [1.82, 2.24) is 0 Å². The fourth-order valence-corrected chi connectivity index (χ4v) is 0.520. The van der Waals surface area contributed by atoms with Crippen LogP contribution in [0.3, 0.4) is 0 Å². The van der Waals surface area contributed by atoms with Gasteiger partial charge in [-0.05, 0) is 0 Å². The molecule has 0 aliphatic heterocycles. The van der Waals surface area contributed by atoms with E-state index in [4.69, 9.17) is 0 Å². The molecule has 1 heterocycles. The number of methoxy groups -OCH3 is 1. The summed E-state index contributed by atoms with van der Waals surface area (Å²) in [5, 5.41) is 0. The Labute approximate surface area is 51.0 Å². The van der Waals surface area contributed by atoms with E-state index in [0.717, 1.165) is 0 Å². The minimum atomic E-state index is -0.732. The van der Waals surface area contributed by atoms with Gasteiger partial charge in [-0.2, -0.15) is 0 Å². The highest BCUT2D eigenvalue weighted by atomic mass is 16.7. The lowest BCUT2D eigenvalue weighted by Gasteiger charge is -1.87. The van der Waals surface area contributed by atoms with Crippen molar-refractivity contribution in [1.29, 1.82) is 0 Å². The molecule has 0 atom stereocenters. The summed E-state index contributed by atoms with van der Waals surface area (Å²) in [6, 6.07) is 0. The zero-order valence-corrected chi connectivity index (χ0v) is 5.13. The summed E-state index contributed by atoms with van der Waals surface area (Å²) in [6.07, 6.45) is 0. The number of hydrogen-bond donors (Lipinski definition) is 0. The Hall–Kier alpha value is -1.19. The topological polar surface area (TPSA) is 52.6 Å². The number of rotatable bonds is 1. The Bertz CT molecular complexity index is 244. The molecule has 0 amide bonds. The van der Waals surface area contributed by atoms with E-state index in [1.807, 2.05) is 0 Å². The van der Waals surface area contributed by atoms with Crippen LogP contribution >= 0.6 is 0 Å². The summed E-state index contributed by atoms with van der Waals surface area (Å²) < 4.78 is 13.5. The molecule has 1 aromatic rings. The second kappa shape index (κ2) is 1.97. The lowest BCUT2D eigenvalue weighted by Crippen LogP contribution is -1.85. The lowest BCUT2D eigenvalue weighted by molar-refractivity contribution is 0.284. The molecule has 4 heteroatoms. The third kappa shape index (κ3) is 0.960. The second-order valence-corrected chi connectivity index (χ2v) is 1.50. The van der Waals surface area contributed by atoms with Crippen LogP contribution in [0.15, 0.2) is 13.6 Å². The van der Waals surface area contributed by atoms with E-state index >= 15 is 0 Å². The lowest BCUT2D eigenvalue weighted by atomic mass is 10.6. The van der Waals surface area contributed by atoms with Crippen LogP contribution in [-0.2, 0) is 0 Å². The van der Waals surface area contributed by atoms with E-state index in [1.165, 1.54) is 7.11 Å². The third-order valence-electron chi connectivity index (χ3n) is 0.885. The molecule has 0 saturated carbocycles. The van der Waals surface area contributed by atoms with Crippen LogP contribution in [0.5, 0.6) is 5.95 Å². The molecule has 0 saturated heterocycles. The molecular formula is C5H6O4. The highest BCUT2D eigenvalue weighted by Crippen LogP contribution is 2.12. The summed E-state index contributed by atoms with van der Waals surface area (Å²) in [5.74, 6) is -0.230. The van der Waals surface area contributed by atoms with Crippen LogP contribution in [0.1, 0.15) is 5.76 Å². The normalized spacial score (nSPS) is 9.56. The summed E-state index contributed by atoms with van der Waals surface area (Å²) >= 11 is 0. The molecule has 0 aliphatic rings. The van der Waals surface area contributed by atoms with Gasteiger partial charge in [0, 0.05) is 6.92 Å².